The van der Waals surface area contributed by atoms with Crippen LogP contribution in [0.1, 0.15) is 63.0 Å². The maximum atomic E-state index is 13.2. The van der Waals surface area contributed by atoms with Crippen LogP contribution in [0.25, 0.3) is 0 Å². The van der Waals surface area contributed by atoms with Gasteiger partial charge >= 0.3 is 0 Å². The number of aliphatic hydroxyl groups excluding tert-OH is 3. The molecular weight excluding hydrogens is 426 g/mol. The highest BCUT2D eigenvalue weighted by Gasteiger charge is 2.59. The number of aliphatic hydroxyl groups is 3. The van der Waals surface area contributed by atoms with Crippen LogP contribution in [0.15, 0.2) is 60.7 Å². The summed E-state index contributed by atoms with van der Waals surface area (Å²) in [6.07, 6.45) is 1.83. The molecule has 2 aliphatic carbocycles. The molecule has 2 fully saturated rings. The monoisotopic (exact) mass is 465 g/mol. The van der Waals surface area contributed by atoms with Crippen molar-refractivity contribution in [1.29, 1.82) is 0 Å². The maximum absolute atomic E-state index is 13.2. The summed E-state index contributed by atoms with van der Waals surface area (Å²) < 4.78 is 0. The van der Waals surface area contributed by atoms with Gasteiger partial charge in [0.1, 0.15) is 0 Å². The molecule has 5 nitrogen and oxygen atoms in total. The van der Waals surface area contributed by atoms with Gasteiger partial charge in [0.15, 0.2) is 0 Å². The lowest BCUT2D eigenvalue weighted by atomic mass is 9.46. The van der Waals surface area contributed by atoms with Crippen LogP contribution >= 0.6 is 0 Å². The molecule has 0 heterocycles. The van der Waals surface area contributed by atoms with E-state index in [0.29, 0.717) is 19.4 Å². The molecule has 6 atom stereocenters. The molecule has 4 rings (SSSR count). The molecule has 0 bridgehead atoms. The van der Waals surface area contributed by atoms with Gasteiger partial charge in [0.05, 0.1) is 18.8 Å². The van der Waals surface area contributed by atoms with Crippen molar-refractivity contribution in [2.45, 2.75) is 64.1 Å². The van der Waals surface area contributed by atoms with Gasteiger partial charge in [0.25, 0.3) is 0 Å². The van der Waals surface area contributed by atoms with Gasteiger partial charge in [-0.2, -0.15) is 0 Å². The van der Waals surface area contributed by atoms with Crippen LogP contribution < -0.4 is 5.32 Å². The van der Waals surface area contributed by atoms with E-state index in [-0.39, 0.29) is 42.1 Å². The van der Waals surface area contributed by atoms with Gasteiger partial charge in [-0.3, -0.25) is 4.79 Å². The predicted octanol–water partition coefficient (Wildman–Crippen LogP) is 3.87. The lowest BCUT2D eigenvalue weighted by molar-refractivity contribution is -0.185. The van der Waals surface area contributed by atoms with Gasteiger partial charge in [-0.1, -0.05) is 74.5 Å². The van der Waals surface area contributed by atoms with Gasteiger partial charge in [-0.05, 0) is 54.1 Å². The van der Waals surface area contributed by atoms with Gasteiger partial charge in [-0.25, -0.2) is 0 Å². The minimum absolute atomic E-state index is 0.0495. The Morgan fingerprint density at radius 2 is 1.56 bits per heavy atom. The van der Waals surface area contributed by atoms with E-state index in [1.54, 1.807) is 0 Å². The van der Waals surface area contributed by atoms with Crippen LogP contribution in [-0.4, -0.2) is 46.6 Å². The molecule has 6 unspecified atom stereocenters. The van der Waals surface area contributed by atoms with E-state index >= 15 is 0 Å². The minimum Gasteiger partial charge on any atom is -0.396 e. The number of amides is 1. The number of hydrogen-bond acceptors (Lipinski definition) is 4. The second kappa shape index (κ2) is 10.2. The van der Waals surface area contributed by atoms with Crippen molar-refractivity contribution in [3.8, 4) is 0 Å². The standard InChI is InChI=1S/C29H39NO4/c1-28-16-15-26(33)29(2,19-31)25(28)14-13-24(32)23(28)17-27(34)30-18-22(20-9-5-3-6-10-20)21-11-7-4-8-12-21/h3-12,22-26,31-33H,13-19H2,1-2H3,(H,30,34). The molecule has 2 aromatic rings. The van der Waals surface area contributed by atoms with Gasteiger partial charge in [-0.15, -0.1) is 0 Å². The van der Waals surface area contributed by atoms with Crippen LogP contribution in [0.2, 0.25) is 0 Å². The molecular formula is C29H39NO4. The number of benzene rings is 2. The highest BCUT2D eigenvalue weighted by molar-refractivity contribution is 5.76. The predicted molar refractivity (Wildman–Crippen MR) is 133 cm³/mol. The Morgan fingerprint density at radius 3 is 2.12 bits per heavy atom. The number of hydrogen-bond donors (Lipinski definition) is 4. The van der Waals surface area contributed by atoms with E-state index in [2.05, 4.69) is 36.5 Å². The number of fused-ring (bicyclic) bond motifs is 1. The number of carbonyl (C=O) groups is 1. The zero-order valence-corrected chi connectivity index (χ0v) is 20.4. The number of carbonyl (C=O) groups excluding carboxylic acids is 1. The smallest absolute Gasteiger partial charge is 0.220 e. The fourth-order valence-electron chi connectivity index (χ4n) is 6.89. The van der Waals surface area contributed by atoms with Gasteiger partial charge in [0, 0.05) is 24.3 Å². The summed E-state index contributed by atoms with van der Waals surface area (Å²) in [6.45, 7) is 4.51. The van der Waals surface area contributed by atoms with Crippen LogP contribution in [0, 0.1) is 22.7 Å². The van der Waals surface area contributed by atoms with Crippen molar-refractivity contribution in [2.24, 2.45) is 22.7 Å². The van der Waals surface area contributed by atoms with E-state index in [9.17, 15) is 20.1 Å². The van der Waals surface area contributed by atoms with Crippen molar-refractivity contribution in [1.82, 2.24) is 5.32 Å². The second-order valence-corrected chi connectivity index (χ2v) is 10.9. The fraction of sp³-hybridized carbons (Fsp3) is 0.552. The summed E-state index contributed by atoms with van der Waals surface area (Å²) in [7, 11) is 0. The fourth-order valence-corrected chi connectivity index (χ4v) is 6.89. The summed E-state index contributed by atoms with van der Waals surface area (Å²) in [5.74, 6) is -0.138. The molecule has 0 aliphatic heterocycles. The van der Waals surface area contributed by atoms with Crippen LogP contribution in [0.5, 0.6) is 0 Å². The van der Waals surface area contributed by atoms with Crippen LogP contribution in [0.3, 0.4) is 0 Å². The second-order valence-electron chi connectivity index (χ2n) is 10.9. The normalized spacial score (nSPS) is 33.4. The average Bonchev–Trinajstić information content (AvgIpc) is 2.85. The quantitative estimate of drug-likeness (QED) is 0.500. The summed E-state index contributed by atoms with van der Waals surface area (Å²) in [4.78, 5) is 13.2. The Bertz CT molecular complexity index is 912. The molecule has 0 radical (unpaired) electrons. The van der Waals surface area contributed by atoms with E-state index in [0.717, 1.165) is 24.0 Å². The molecule has 5 heteroatoms. The zero-order valence-electron chi connectivity index (χ0n) is 20.4. The number of nitrogens with one attached hydrogen (secondary N) is 1. The van der Waals surface area contributed by atoms with Crippen molar-refractivity contribution in [3.05, 3.63) is 71.8 Å². The highest BCUT2D eigenvalue weighted by Crippen LogP contribution is 2.60. The van der Waals surface area contributed by atoms with Gasteiger partial charge < -0.3 is 20.6 Å². The van der Waals surface area contributed by atoms with E-state index < -0.39 is 17.6 Å². The van der Waals surface area contributed by atoms with Gasteiger partial charge in [0.2, 0.25) is 5.91 Å². The molecule has 4 N–H and O–H groups in total. The molecule has 2 aliphatic rings. The molecule has 2 aromatic carbocycles. The minimum atomic E-state index is -0.604. The van der Waals surface area contributed by atoms with Crippen molar-refractivity contribution in [2.75, 3.05) is 13.2 Å². The summed E-state index contributed by atoms with van der Waals surface area (Å²) >= 11 is 0. The average molecular weight is 466 g/mol. The SMILES string of the molecule is CC1(CO)C(O)CCC2(C)C(CC(=O)NCC(c3ccccc3)c3ccccc3)C(O)CCC12. The third kappa shape index (κ3) is 4.66. The lowest BCUT2D eigenvalue weighted by Crippen LogP contribution is -2.60. The largest absolute Gasteiger partial charge is 0.396 e. The van der Waals surface area contributed by atoms with E-state index in [4.69, 9.17) is 0 Å². The molecule has 34 heavy (non-hydrogen) atoms. The van der Waals surface area contributed by atoms with E-state index in [1.165, 1.54) is 0 Å². The third-order valence-electron chi connectivity index (χ3n) is 9.03. The first-order valence-corrected chi connectivity index (χ1v) is 12.6. The molecule has 0 saturated heterocycles. The first-order chi connectivity index (χ1) is 16.3. The Kier molecular flexibility index (Phi) is 7.46. The van der Waals surface area contributed by atoms with Crippen molar-refractivity contribution >= 4 is 5.91 Å². The first kappa shape index (κ1) is 24.9. The van der Waals surface area contributed by atoms with Crippen molar-refractivity contribution in [3.63, 3.8) is 0 Å². The lowest BCUT2D eigenvalue weighted by Gasteiger charge is -2.60. The maximum Gasteiger partial charge on any atom is 0.220 e. The zero-order chi connectivity index (χ0) is 24.3. The summed E-state index contributed by atoms with van der Waals surface area (Å²) in [5.41, 5.74) is 1.40. The number of rotatable bonds is 7. The Morgan fingerprint density at radius 1 is 0.971 bits per heavy atom. The Labute approximate surface area is 203 Å². The molecule has 1 amide bonds. The van der Waals surface area contributed by atoms with Crippen molar-refractivity contribution < 1.29 is 20.1 Å². The molecule has 2 saturated carbocycles. The van der Waals surface area contributed by atoms with Crippen LogP contribution in [0.4, 0.5) is 0 Å². The molecule has 0 aromatic heterocycles. The summed E-state index contributed by atoms with van der Waals surface area (Å²) in [5, 5.41) is 35.0. The third-order valence-corrected chi connectivity index (χ3v) is 9.03. The highest BCUT2D eigenvalue weighted by atomic mass is 16.3. The van der Waals surface area contributed by atoms with E-state index in [1.807, 2.05) is 43.3 Å². The Balaban J connectivity index is 1.49. The first-order valence-electron chi connectivity index (χ1n) is 12.6. The summed E-state index contributed by atoms with van der Waals surface area (Å²) in [6, 6.07) is 20.4. The Hall–Kier alpha value is -2.21. The van der Waals surface area contributed by atoms with Crippen LogP contribution in [-0.2, 0) is 4.79 Å². The molecule has 0 spiro atoms. The topological polar surface area (TPSA) is 89.8 Å². The molecule has 184 valence electrons.